The molecule has 1 amide bonds. The van der Waals surface area contributed by atoms with Crippen LogP contribution in [0.5, 0.6) is 0 Å². The second kappa shape index (κ2) is 6.92. The van der Waals surface area contributed by atoms with E-state index >= 15 is 0 Å². The number of anilines is 1. The molecule has 3 heterocycles. The third-order valence-corrected chi connectivity index (χ3v) is 5.38. The molecule has 1 atom stereocenters. The molecule has 7 heteroatoms. The van der Waals surface area contributed by atoms with Gasteiger partial charge >= 0.3 is 0 Å². The maximum atomic E-state index is 13.1. The zero-order valence-electron chi connectivity index (χ0n) is 14.9. The molecule has 136 valence electrons. The van der Waals surface area contributed by atoms with E-state index in [2.05, 4.69) is 38.2 Å². The van der Waals surface area contributed by atoms with Gasteiger partial charge in [-0.15, -0.1) is 0 Å². The average molecular weight is 353 g/mol. The maximum absolute atomic E-state index is 13.1. The third kappa shape index (κ3) is 3.22. The van der Waals surface area contributed by atoms with Gasteiger partial charge in [0.1, 0.15) is 0 Å². The zero-order chi connectivity index (χ0) is 18.1. The monoisotopic (exact) mass is 353 g/mol. The van der Waals surface area contributed by atoms with Crippen LogP contribution < -0.4 is 10.5 Å². The molecular weight excluding hydrogens is 330 g/mol. The number of carbonyl (C=O) groups excluding carboxylic acids is 1. The smallest absolute Gasteiger partial charge is 0.266 e. The van der Waals surface area contributed by atoms with Gasteiger partial charge in [0.05, 0.1) is 17.9 Å². The molecule has 0 bridgehead atoms. The molecule has 0 saturated carbocycles. The summed E-state index contributed by atoms with van der Waals surface area (Å²) in [6.45, 7) is 3.56. The number of nitrogens with one attached hydrogen (secondary N) is 1. The topological polar surface area (TPSA) is 72.5 Å². The number of amides is 1. The molecule has 4 rings (SSSR count). The highest BCUT2D eigenvalue weighted by molar-refractivity contribution is 5.83. The minimum absolute atomic E-state index is 0.0994. The Bertz CT molecular complexity index is 857. The Morgan fingerprint density at radius 1 is 1.15 bits per heavy atom. The first-order chi connectivity index (χ1) is 12.6. The second-order valence-corrected chi connectivity index (χ2v) is 7.02. The van der Waals surface area contributed by atoms with Crippen LogP contribution in [0.1, 0.15) is 11.1 Å². The average Bonchev–Trinajstić information content (AvgIpc) is 2.67. The fraction of sp³-hybridized carbons (Fsp3) is 0.421. The summed E-state index contributed by atoms with van der Waals surface area (Å²) < 4.78 is 0. The molecule has 26 heavy (non-hydrogen) atoms. The summed E-state index contributed by atoms with van der Waals surface area (Å²) in [7, 11) is 2.02. The van der Waals surface area contributed by atoms with E-state index in [0.29, 0.717) is 26.2 Å². The molecule has 0 radical (unpaired) electrons. The number of aromatic nitrogens is 2. The molecular formula is C19H23N5O2. The quantitative estimate of drug-likeness (QED) is 0.850. The summed E-state index contributed by atoms with van der Waals surface area (Å²) in [6.07, 6.45) is 2.43. The molecule has 1 saturated heterocycles. The van der Waals surface area contributed by atoms with Crippen molar-refractivity contribution < 1.29 is 4.79 Å². The van der Waals surface area contributed by atoms with Crippen LogP contribution in [0.15, 0.2) is 41.3 Å². The number of aromatic amines is 1. The van der Waals surface area contributed by atoms with Gasteiger partial charge in [0.2, 0.25) is 5.91 Å². The predicted octanol–water partition coefficient (Wildman–Crippen LogP) is 0.475. The van der Waals surface area contributed by atoms with E-state index in [1.54, 1.807) is 12.3 Å². The van der Waals surface area contributed by atoms with Gasteiger partial charge in [0.15, 0.2) is 0 Å². The van der Waals surface area contributed by atoms with Crippen molar-refractivity contribution in [1.82, 2.24) is 20.0 Å². The highest BCUT2D eigenvalue weighted by Gasteiger charge is 2.33. The van der Waals surface area contributed by atoms with Gasteiger partial charge in [0, 0.05) is 38.8 Å². The molecule has 2 aliphatic rings. The van der Waals surface area contributed by atoms with Crippen LogP contribution in [0.3, 0.4) is 0 Å². The second-order valence-electron chi connectivity index (χ2n) is 7.02. The Morgan fingerprint density at radius 2 is 1.88 bits per heavy atom. The molecule has 2 aromatic rings. The van der Waals surface area contributed by atoms with Crippen molar-refractivity contribution in [2.75, 3.05) is 38.1 Å². The maximum Gasteiger partial charge on any atom is 0.266 e. The van der Waals surface area contributed by atoms with Crippen LogP contribution >= 0.6 is 0 Å². The van der Waals surface area contributed by atoms with Crippen molar-refractivity contribution in [2.24, 2.45) is 0 Å². The number of carbonyl (C=O) groups is 1. The lowest BCUT2D eigenvalue weighted by atomic mass is 9.93. The Labute approximate surface area is 152 Å². The standard InChI is InChI=1S/C19H23N5O2/c1-22-13-15-5-3-2-4-14(15)10-17(22)19(26)24-8-6-23(7-9-24)16-11-18(25)21-20-12-16/h2-5,11-12,17H,6-10,13H2,1H3,(H,21,25)/t17-/m0/s1. The molecule has 1 N–H and O–H groups in total. The fourth-order valence-electron chi connectivity index (χ4n) is 3.86. The lowest BCUT2D eigenvalue weighted by molar-refractivity contribution is -0.137. The number of hydrogen-bond donors (Lipinski definition) is 1. The molecule has 1 aromatic heterocycles. The number of fused-ring (bicyclic) bond motifs is 1. The molecule has 7 nitrogen and oxygen atoms in total. The van der Waals surface area contributed by atoms with E-state index in [0.717, 1.165) is 18.7 Å². The van der Waals surface area contributed by atoms with Gasteiger partial charge in [-0.1, -0.05) is 24.3 Å². The van der Waals surface area contributed by atoms with Crippen molar-refractivity contribution >= 4 is 11.6 Å². The van der Waals surface area contributed by atoms with Gasteiger partial charge in [-0.3, -0.25) is 14.5 Å². The summed E-state index contributed by atoms with van der Waals surface area (Å²) in [6, 6.07) is 9.81. The van der Waals surface area contributed by atoms with E-state index in [9.17, 15) is 9.59 Å². The van der Waals surface area contributed by atoms with Crippen molar-refractivity contribution in [1.29, 1.82) is 0 Å². The van der Waals surface area contributed by atoms with Crippen LogP contribution in [0.2, 0.25) is 0 Å². The largest absolute Gasteiger partial charge is 0.367 e. The molecule has 1 fully saturated rings. The summed E-state index contributed by atoms with van der Waals surface area (Å²) in [5.41, 5.74) is 3.19. The number of hydrogen-bond acceptors (Lipinski definition) is 5. The van der Waals surface area contributed by atoms with Crippen LogP contribution in [-0.2, 0) is 17.8 Å². The van der Waals surface area contributed by atoms with Gasteiger partial charge in [-0.05, 0) is 24.6 Å². The number of nitrogens with zero attached hydrogens (tertiary/aromatic N) is 4. The van der Waals surface area contributed by atoms with Gasteiger partial charge in [0.25, 0.3) is 5.56 Å². The highest BCUT2D eigenvalue weighted by atomic mass is 16.2. The van der Waals surface area contributed by atoms with Crippen LogP contribution in [0.4, 0.5) is 5.69 Å². The van der Waals surface area contributed by atoms with E-state index < -0.39 is 0 Å². The summed E-state index contributed by atoms with van der Waals surface area (Å²) in [5, 5.41) is 6.24. The Morgan fingerprint density at radius 3 is 2.62 bits per heavy atom. The van der Waals surface area contributed by atoms with Gasteiger partial charge in [-0.2, -0.15) is 5.10 Å². The summed E-state index contributed by atoms with van der Waals surface area (Å²) in [4.78, 5) is 30.7. The minimum Gasteiger partial charge on any atom is -0.367 e. The first-order valence-corrected chi connectivity index (χ1v) is 8.97. The highest BCUT2D eigenvalue weighted by Crippen LogP contribution is 2.24. The van der Waals surface area contributed by atoms with Crippen LogP contribution in [0.25, 0.3) is 0 Å². The number of H-pyrrole nitrogens is 1. The van der Waals surface area contributed by atoms with E-state index in [4.69, 9.17) is 0 Å². The molecule has 0 spiro atoms. The summed E-state index contributed by atoms with van der Waals surface area (Å²) in [5.74, 6) is 0.200. The van der Waals surface area contributed by atoms with E-state index in [1.807, 2.05) is 18.0 Å². The molecule has 2 aliphatic heterocycles. The van der Waals surface area contributed by atoms with E-state index in [1.165, 1.54) is 11.1 Å². The molecule has 0 aliphatic carbocycles. The number of benzene rings is 1. The molecule has 1 aromatic carbocycles. The lowest BCUT2D eigenvalue weighted by Crippen LogP contribution is -2.55. The normalized spacial score (nSPS) is 20.7. The Balaban J connectivity index is 1.41. The predicted molar refractivity (Wildman–Crippen MR) is 99.1 cm³/mol. The van der Waals surface area contributed by atoms with Crippen molar-refractivity contribution in [3.8, 4) is 0 Å². The summed E-state index contributed by atoms with van der Waals surface area (Å²) >= 11 is 0. The van der Waals surface area contributed by atoms with Gasteiger partial charge in [-0.25, -0.2) is 5.10 Å². The Hall–Kier alpha value is -2.67. The van der Waals surface area contributed by atoms with E-state index in [-0.39, 0.29) is 17.5 Å². The number of piperazine rings is 1. The van der Waals surface area contributed by atoms with Crippen molar-refractivity contribution in [3.63, 3.8) is 0 Å². The first-order valence-electron chi connectivity index (χ1n) is 8.97. The number of rotatable bonds is 2. The number of likely N-dealkylation sites (N-methyl/N-ethyl adjacent to an activating group) is 1. The fourth-order valence-corrected chi connectivity index (χ4v) is 3.86. The van der Waals surface area contributed by atoms with Crippen LogP contribution in [-0.4, -0.2) is 65.2 Å². The molecule has 0 unspecified atom stereocenters. The van der Waals surface area contributed by atoms with Gasteiger partial charge < -0.3 is 9.80 Å². The lowest BCUT2D eigenvalue weighted by Gasteiger charge is -2.40. The van der Waals surface area contributed by atoms with Crippen LogP contribution in [0, 0.1) is 0 Å². The zero-order valence-corrected chi connectivity index (χ0v) is 14.9. The first kappa shape index (κ1) is 16.8. The van der Waals surface area contributed by atoms with Crippen molar-refractivity contribution in [3.05, 3.63) is 58.0 Å². The van der Waals surface area contributed by atoms with Crippen molar-refractivity contribution in [2.45, 2.75) is 19.0 Å². The third-order valence-electron chi connectivity index (χ3n) is 5.38. The SMILES string of the molecule is CN1Cc2ccccc2C[C@H]1C(=O)N1CCN(c2cn[nH]c(=O)c2)CC1. The Kier molecular flexibility index (Phi) is 4.46. The minimum atomic E-state index is -0.205.